The van der Waals surface area contributed by atoms with Crippen LogP contribution in [0.4, 0.5) is 0 Å². The van der Waals surface area contributed by atoms with Gasteiger partial charge in [0.15, 0.2) is 0 Å². The van der Waals surface area contributed by atoms with Gasteiger partial charge in [-0.2, -0.15) is 0 Å². The Morgan fingerprint density at radius 3 is 2.62 bits per heavy atom. The third kappa shape index (κ3) is 3.80. The van der Waals surface area contributed by atoms with Gasteiger partial charge in [0.05, 0.1) is 24.1 Å². The van der Waals surface area contributed by atoms with E-state index in [0.717, 1.165) is 26.0 Å². The first-order valence-electron chi connectivity index (χ1n) is 6.03. The predicted molar refractivity (Wildman–Crippen MR) is 66.4 cm³/mol. The molecule has 0 aromatic rings. The summed E-state index contributed by atoms with van der Waals surface area (Å²) < 4.78 is 11.1. The molecule has 1 unspecified atom stereocenters. The summed E-state index contributed by atoms with van der Waals surface area (Å²) in [6.45, 7) is 13.8. The summed E-state index contributed by atoms with van der Waals surface area (Å²) >= 11 is 0. The second kappa shape index (κ2) is 5.19. The molecule has 1 fully saturated rings. The van der Waals surface area contributed by atoms with Gasteiger partial charge in [0.2, 0.25) is 0 Å². The third-order valence-corrected chi connectivity index (χ3v) is 3.02. The highest BCUT2D eigenvalue weighted by molar-refractivity contribution is 4.98. The van der Waals surface area contributed by atoms with Gasteiger partial charge in [-0.3, -0.25) is 0 Å². The highest BCUT2D eigenvalue weighted by Gasteiger charge is 2.45. The van der Waals surface area contributed by atoms with E-state index in [0.29, 0.717) is 6.04 Å². The highest BCUT2D eigenvalue weighted by atomic mass is 16.5. The first-order valence-corrected chi connectivity index (χ1v) is 6.03. The number of nitrogens with one attached hydrogen (secondary N) is 1. The van der Waals surface area contributed by atoms with Crippen LogP contribution in [-0.4, -0.2) is 30.4 Å². The van der Waals surface area contributed by atoms with E-state index in [4.69, 9.17) is 9.47 Å². The van der Waals surface area contributed by atoms with Gasteiger partial charge < -0.3 is 14.8 Å². The molecule has 0 spiro atoms. The van der Waals surface area contributed by atoms with Crippen LogP contribution in [0.25, 0.3) is 0 Å². The van der Waals surface area contributed by atoms with Crippen molar-refractivity contribution in [3.05, 3.63) is 12.8 Å². The number of hydrogen-bond acceptors (Lipinski definition) is 3. The first-order chi connectivity index (χ1) is 7.37. The maximum absolute atomic E-state index is 6.02. The molecule has 1 rings (SSSR count). The van der Waals surface area contributed by atoms with Crippen molar-refractivity contribution in [3.8, 4) is 0 Å². The Kier molecular flexibility index (Phi) is 4.39. The molecule has 94 valence electrons. The highest BCUT2D eigenvalue weighted by Crippen LogP contribution is 2.37. The van der Waals surface area contributed by atoms with E-state index in [9.17, 15) is 0 Å². The average Bonchev–Trinajstić information content (AvgIpc) is 2.34. The molecule has 0 radical (unpaired) electrons. The average molecular weight is 227 g/mol. The van der Waals surface area contributed by atoms with Crippen LogP contribution in [0, 0.1) is 0 Å². The zero-order valence-corrected chi connectivity index (χ0v) is 11.0. The molecule has 1 atom stereocenters. The molecule has 0 aromatic heterocycles. The molecule has 1 aliphatic heterocycles. The Bertz CT molecular complexity index is 236. The second-order valence-electron chi connectivity index (χ2n) is 5.57. The van der Waals surface area contributed by atoms with E-state index in [1.807, 2.05) is 0 Å². The molecule has 1 saturated heterocycles. The van der Waals surface area contributed by atoms with Crippen molar-refractivity contribution in [1.82, 2.24) is 5.32 Å². The summed E-state index contributed by atoms with van der Waals surface area (Å²) in [5, 5.41) is 3.55. The van der Waals surface area contributed by atoms with Gasteiger partial charge in [-0.05, 0) is 47.1 Å². The summed E-state index contributed by atoms with van der Waals surface area (Å²) in [6, 6.07) is 0.422. The van der Waals surface area contributed by atoms with Gasteiger partial charge in [0.25, 0.3) is 0 Å². The molecule has 16 heavy (non-hydrogen) atoms. The summed E-state index contributed by atoms with van der Waals surface area (Å²) in [7, 11) is 0. The quantitative estimate of drug-likeness (QED) is 0.558. The predicted octanol–water partition coefficient (Wildman–Crippen LogP) is 2.47. The summed E-state index contributed by atoms with van der Waals surface area (Å²) in [4.78, 5) is 0. The lowest BCUT2D eigenvalue weighted by Crippen LogP contribution is -2.43. The van der Waals surface area contributed by atoms with E-state index in [1.54, 1.807) is 0 Å². The maximum Gasteiger partial charge on any atom is 0.0885 e. The van der Waals surface area contributed by atoms with E-state index in [2.05, 4.69) is 39.6 Å². The van der Waals surface area contributed by atoms with Crippen molar-refractivity contribution in [2.75, 3.05) is 13.2 Å². The monoisotopic (exact) mass is 227 g/mol. The first kappa shape index (κ1) is 13.5. The Labute approximate surface area is 99.2 Å². The standard InChI is InChI=1S/C13H25NO2/c1-6-15-9-7-8-14-11-10-12(2,3)16-13(11,4)5/h6,11,14H,1,7-10H2,2-5H3. The van der Waals surface area contributed by atoms with Crippen LogP contribution < -0.4 is 5.32 Å². The van der Waals surface area contributed by atoms with Crippen LogP contribution in [0.5, 0.6) is 0 Å². The molecule has 1 heterocycles. The summed E-state index contributed by atoms with van der Waals surface area (Å²) in [5.74, 6) is 0. The Balaban J connectivity index is 2.29. The van der Waals surface area contributed by atoms with E-state index in [-0.39, 0.29) is 11.2 Å². The van der Waals surface area contributed by atoms with Crippen molar-refractivity contribution in [3.63, 3.8) is 0 Å². The lowest BCUT2D eigenvalue weighted by atomic mass is 9.94. The van der Waals surface area contributed by atoms with E-state index >= 15 is 0 Å². The van der Waals surface area contributed by atoms with Crippen molar-refractivity contribution >= 4 is 0 Å². The summed E-state index contributed by atoms with van der Waals surface area (Å²) in [6.07, 6.45) is 3.55. The molecule has 3 nitrogen and oxygen atoms in total. The molecule has 1 aliphatic rings. The van der Waals surface area contributed by atoms with Crippen molar-refractivity contribution < 1.29 is 9.47 Å². The molecular weight excluding hydrogens is 202 g/mol. The normalized spacial score (nSPS) is 26.6. The largest absolute Gasteiger partial charge is 0.502 e. The fourth-order valence-corrected chi connectivity index (χ4v) is 2.40. The molecule has 0 saturated carbocycles. The zero-order valence-electron chi connectivity index (χ0n) is 11.0. The van der Waals surface area contributed by atoms with Gasteiger partial charge in [-0.25, -0.2) is 0 Å². The molecular formula is C13H25NO2. The van der Waals surface area contributed by atoms with Crippen LogP contribution in [0.2, 0.25) is 0 Å². The Morgan fingerprint density at radius 1 is 1.44 bits per heavy atom. The zero-order chi connectivity index (χ0) is 12.2. The van der Waals surface area contributed by atoms with Crippen LogP contribution in [0.15, 0.2) is 12.8 Å². The lowest BCUT2D eigenvalue weighted by Gasteiger charge is -2.27. The van der Waals surface area contributed by atoms with E-state index < -0.39 is 0 Å². The number of rotatable bonds is 6. The summed E-state index contributed by atoms with van der Waals surface area (Å²) in [5.41, 5.74) is -0.0957. The maximum atomic E-state index is 6.02. The Hall–Kier alpha value is -0.540. The number of ether oxygens (including phenoxy) is 2. The third-order valence-electron chi connectivity index (χ3n) is 3.02. The molecule has 0 bridgehead atoms. The lowest BCUT2D eigenvalue weighted by molar-refractivity contribution is -0.0698. The topological polar surface area (TPSA) is 30.5 Å². The van der Waals surface area contributed by atoms with Gasteiger partial charge in [-0.1, -0.05) is 6.58 Å². The Morgan fingerprint density at radius 2 is 2.12 bits per heavy atom. The van der Waals surface area contributed by atoms with Crippen molar-refractivity contribution in [2.45, 2.75) is 57.8 Å². The molecule has 0 aliphatic carbocycles. The van der Waals surface area contributed by atoms with Gasteiger partial charge in [-0.15, -0.1) is 0 Å². The second-order valence-corrected chi connectivity index (χ2v) is 5.57. The minimum atomic E-state index is -0.0806. The van der Waals surface area contributed by atoms with Crippen LogP contribution in [-0.2, 0) is 9.47 Å². The van der Waals surface area contributed by atoms with Crippen molar-refractivity contribution in [1.29, 1.82) is 0 Å². The van der Waals surface area contributed by atoms with Crippen LogP contribution in [0.3, 0.4) is 0 Å². The molecule has 0 amide bonds. The van der Waals surface area contributed by atoms with Gasteiger partial charge in [0.1, 0.15) is 0 Å². The number of hydrogen-bond donors (Lipinski definition) is 1. The molecule has 3 heteroatoms. The van der Waals surface area contributed by atoms with Crippen LogP contribution in [0.1, 0.15) is 40.5 Å². The fourth-order valence-electron chi connectivity index (χ4n) is 2.40. The van der Waals surface area contributed by atoms with Crippen molar-refractivity contribution in [2.24, 2.45) is 0 Å². The van der Waals surface area contributed by atoms with Crippen LogP contribution >= 0.6 is 0 Å². The van der Waals surface area contributed by atoms with Gasteiger partial charge in [0, 0.05) is 6.04 Å². The SMILES string of the molecule is C=COCCCNC1CC(C)(C)OC1(C)C. The molecule has 1 N–H and O–H groups in total. The fraction of sp³-hybridized carbons (Fsp3) is 0.846. The van der Waals surface area contributed by atoms with Gasteiger partial charge >= 0.3 is 0 Å². The minimum Gasteiger partial charge on any atom is -0.502 e. The van der Waals surface area contributed by atoms with E-state index in [1.165, 1.54) is 6.26 Å². The minimum absolute atomic E-state index is 0.0151. The smallest absolute Gasteiger partial charge is 0.0885 e. The molecule has 0 aromatic carbocycles.